The van der Waals surface area contributed by atoms with Crippen LogP contribution in [-0.2, 0) is 4.79 Å². The van der Waals surface area contributed by atoms with E-state index in [2.05, 4.69) is 0 Å². The highest BCUT2D eigenvalue weighted by molar-refractivity contribution is 6.31. The van der Waals surface area contributed by atoms with E-state index in [1.165, 1.54) is 0 Å². The molecule has 0 aliphatic rings. The maximum Gasteiger partial charge on any atom is 0.309 e. The number of carbonyl (C=O) groups is 1. The molecule has 0 unspecified atom stereocenters. The molecule has 0 fully saturated rings. The van der Waals surface area contributed by atoms with Crippen molar-refractivity contribution in [1.82, 2.24) is 0 Å². The van der Waals surface area contributed by atoms with Gasteiger partial charge in [0.2, 0.25) is 0 Å². The van der Waals surface area contributed by atoms with Crippen LogP contribution in [0.1, 0.15) is 37.8 Å². The molecule has 0 spiro atoms. The normalized spacial score (nSPS) is 11.4. The van der Waals surface area contributed by atoms with Crippen LogP contribution < -0.4 is 4.74 Å². The number of hydrogen-bond donors (Lipinski definition) is 1. The monoisotopic (exact) mass is 284 g/mol. The highest BCUT2D eigenvalue weighted by atomic mass is 35.5. The zero-order chi connectivity index (χ0) is 14.6. The van der Waals surface area contributed by atoms with Crippen LogP contribution in [0, 0.1) is 19.3 Å². The first kappa shape index (κ1) is 15.8. The molecule has 0 aliphatic carbocycles. The standard InChI is InChI=1S/C15H21ClO3/c1-10-9-13(11(2)8-12(10)16)19-7-5-6-15(3,4)14(17)18/h8-9H,5-7H2,1-4H3,(H,17,18). The van der Waals surface area contributed by atoms with Gasteiger partial charge in [0.1, 0.15) is 5.75 Å². The SMILES string of the molecule is Cc1cc(OCCCC(C)(C)C(=O)O)c(C)cc1Cl. The van der Waals surface area contributed by atoms with Crippen molar-refractivity contribution in [1.29, 1.82) is 0 Å². The highest BCUT2D eigenvalue weighted by Crippen LogP contribution is 2.27. The largest absolute Gasteiger partial charge is 0.493 e. The van der Waals surface area contributed by atoms with Gasteiger partial charge in [-0.15, -0.1) is 0 Å². The molecule has 0 aromatic heterocycles. The van der Waals surface area contributed by atoms with Gasteiger partial charge >= 0.3 is 5.97 Å². The summed E-state index contributed by atoms with van der Waals surface area (Å²) in [6.07, 6.45) is 1.30. The Hall–Kier alpha value is -1.22. The maximum absolute atomic E-state index is 11.0. The first-order chi connectivity index (χ1) is 8.74. The van der Waals surface area contributed by atoms with Gasteiger partial charge in [0, 0.05) is 5.02 Å². The van der Waals surface area contributed by atoms with Crippen molar-refractivity contribution in [3.8, 4) is 5.75 Å². The van der Waals surface area contributed by atoms with Gasteiger partial charge in [-0.05, 0) is 63.8 Å². The summed E-state index contributed by atoms with van der Waals surface area (Å²) in [6, 6.07) is 3.80. The Balaban J connectivity index is 2.51. The van der Waals surface area contributed by atoms with E-state index < -0.39 is 11.4 Å². The Morgan fingerprint density at radius 1 is 1.32 bits per heavy atom. The van der Waals surface area contributed by atoms with Crippen LogP contribution in [0.5, 0.6) is 5.75 Å². The molecule has 19 heavy (non-hydrogen) atoms. The number of ether oxygens (including phenoxy) is 1. The average molecular weight is 285 g/mol. The quantitative estimate of drug-likeness (QED) is 0.795. The second-order valence-corrected chi connectivity index (χ2v) is 5.92. The minimum atomic E-state index is -0.772. The van der Waals surface area contributed by atoms with E-state index >= 15 is 0 Å². The summed E-state index contributed by atoms with van der Waals surface area (Å²) in [5.41, 5.74) is 1.27. The molecule has 0 amide bonds. The van der Waals surface area contributed by atoms with Gasteiger partial charge in [0.15, 0.2) is 0 Å². The van der Waals surface area contributed by atoms with Gasteiger partial charge in [-0.3, -0.25) is 4.79 Å². The van der Waals surface area contributed by atoms with E-state index in [1.54, 1.807) is 13.8 Å². The highest BCUT2D eigenvalue weighted by Gasteiger charge is 2.26. The smallest absolute Gasteiger partial charge is 0.309 e. The topological polar surface area (TPSA) is 46.5 Å². The molecule has 0 atom stereocenters. The second-order valence-electron chi connectivity index (χ2n) is 5.51. The van der Waals surface area contributed by atoms with Crippen molar-refractivity contribution >= 4 is 17.6 Å². The van der Waals surface area contributed by atoms with Crippen LogP contribution >= 0.6 is 11.6 Å². The molecule has 0 saturated heterocycles. The molecule has 1 aromatic rings. The number of aliphatic carboxylic acids is 1. The summed E-state index contributed by atoms with van der Waals surface area (Å²) >= 11 is 6.02. The molecular formula is C15H21ClO3. The molecular weight excluding hydrogens is 264 g/mol. The molecule has 0 saturated carbocycles. The van der Waals surface area contributed by atoms with E-state index in [0.717, 1.165) is 21.9 Å². The van der Waals surface area contributed by atoms with Gasteiger partial charge in [0.05, 0.1) is 12.0 Å². The maximum atomic E-state index is 11.0. The number of aryl methyl sites for hydroxylation is 2. The van der Waals surface area contributed by atoms with E-state index in [0.29, 0.717) is 19.4 Å². The number of hydrogen-bond acceptors (Lipinski definition) is 2. The molecule has 3 nitrogen and oxygen atoms in total. The minimum absolute atomic E-state index is 0.513. The van der Waals surface area contributed by atoms with Gasteiger partial charge in [-0.2, -0.15) is 0 Å². The third-order valence-corrected chi connectivity index (χ3v) is 3.65. The predicted octanol–water partition coefficient (Wildman–Crippen LogP) is 4.23. The average Bonchev–Trinajstić information content (AvgIpc) is 2.30. The summed E-state index contributed by atoms with van der Waals surface area (Å²) < 4.78 is 5.70. The molecule has 0 heterocycles. The first-order valence-corrected chi connectivity index (χ1v) is 6.75. The minimum Gasteiger partial charge on any atom is -0.493 e. The molecule has 0 aliphatic heterocycles. The number of carboxylic acid groups (broad SMARTS) is 1. The predicted molar refractivity (Wildman–Crippen MR) is 77.1 cm³/mol. The summed E-state index contributed by atoms with van der Waals surface area (Å²) in [5, 5.41) is 9.75. The lowest BCUT2D eigenvalue weighted by atomic mass is 9.88. The van der Waals surface area contributed by atoms with E-state index in [4.69, 9.17) is 21.4 Å². The lowest BCUT2D eigenvalue weighted by molar-refractivity contribution is -0.147. The molecule has 1 N–H and O–H groups in total. The number of benzene rings is 1. The van der Waals surface area contributed by atoms with Gasteiger partial charge in [-0.25, -0.2) is 0 Å². The Morgan fingerprint density at radius 2 is 1.95 bits per heavy atom. The Kier molecular flexibility index (Phi) is 5.24. The fourth-order valence-electron chi connectivity index (χ4n) is 1.71. The summed E-state index contributed by atoms with van der Waals surface area (Å²) in [6.45, 7) is 7.85. The molecule has 1 aromatic carbocycles. The fourth-order valence-corrected chi connectivity index (χ4v) is 1.93. The molecule has 4 heteroatoms. The van der Waals surface area contributed by atoms with Crippen LogP contribution in [0.25, 0.3) is 0 Å². The lowest BCUT2D eigenvalue weighted by Gasteiger charge is -2.19. The molecule has 1 rings (SSSR count). The van der Waals surface area contributed by atoms with Crippen LogP contribution in [0.3, 0.4) is 0 Å². The Labute approximate surface area is 119 Å². The summed E-state index contributed by atoms with van der Waals surface area (Å²) in [5.74, 6) is 0.0426. The van der Waals surface area contributed by atoms with Crippen LogP contribution in [0.4, 0.5) is 0 Å². The second kappa shape index (κ2) is 6.29. The van der Waals surface area contributed by atoms with Gasteiger partial charge in [0.25, 0.3) is 0 Å². The Bertz CT molecular complexity index is 467. The zero-order valence-electron chi connectivity index (χ0n) is 11.9. The van der Waals surface area contributed by atoms with Gasteiger partial charge < -0.3 is 9.84 Å². The first-order valence-electron chi connectivity index (χ1n) is 6.37. The fraction of sp³-hybridized carbons (Fsp3) is 0.533. The van der Waals surface area contributed by atoms with Crippen LogP contribution in [-0.4, -0.2) is 17.7 Å². The third kappa shape index (κ3) is 4.43. The summed E-state index contributed by atoms with van der Waals surface area (Å²) in [7, 11) is 0. The van der Waals surface area contributed by atoms with E-state index in [-0.39, 0.29) is 0 Å². The van der Waals surface area contributed by atoms with Crippen molar-refractivity contribution in [2.75, 3.05) is 6.61 Å². The third-order valence-electron chi connectivity index (χ3n) is 3.24. The molecule has 0 radical (unpaired) electrons. The van der Waals surface area contributed by atoms with Crippen molar-refractivity contribution in [3.05, 3.63) is 28.3 Å². The van der Waals surface area contributed by atoms with Crippen molar-refractivity contribution < 1.29 is 14.6 Å². The van der Waals surface area contributed by atoms with Crippen molar-refractivity contribution in [2.45, 2.75) is 40.5 Å². The van der Waals surface area contributed by atoms with Crippen LogP contribution in [0.2, 0.25) is 5.02 Å². The van der Waals surface area contributed by atoms with Crippen molar-refractivity contribution in [3.63, 3.8) is 0 Å². The number of carboxylic acids is 1. The number of rotatable bonds is 6. The van der Waals surface area contributed by atoms with Crippen molar-refractivity contribution in [2.24, 2.45) is 5.41 Å². The molecule has 106 valence electrons. The molecule has 0 bridgehead atoms. The van der Waals surface area contributed by atoms with E-state index in [9.17, 15) is 4.79 Å². The lowest BCUT2D eigenvalue weighted by Crippen LogP contribution is -2.24. The number of halogens is 1. The zero-order valence-corrected chi connectivity index (χ0v) is 12.7. The van der Waals surface area contributed by atoms with Gasteiger partial charge in [-0.1, -0.05) is 11.6 Å². The Morgan fingerprint density at radius 3 is 2.53 bits per heavy atom. The summed E-state index contributed by atoms with van der Waals surface area (Å²) in [4.78, 5) is 11.0. The van der Waals surface area contributed by atoms with Crippen LogP contribution in [0.15, 0.2) is 12.1 Å². The van der Waals surface area contributed by atoms with E-state index in [1.807, 2.05) is 26.0 Å².